The molecule has 17 nitrogen and oxygen atoms in total. The third-order valence-corrected chi connectivity index (χ3v) is 9.01. The number of aliphatic hydroxyl groups is 6. The summed E-state index contributed by atoms with van der Waals surface area (Å²) in [4.78, 5) is 36.2. The molecule has 0 bridgehead atoms. The molecule has 0 aromatic carbocycles. The van der Waals surface area contributed by atoms with Gasteiger partial charge in [0.2, 0.25) is 17.7 Å². The van der Waals surface area contributed by atoms with Crippen LogP contribution in [-0.4, -0.2) is 153 Å². The van der Waals surface area contributed by atoms with E-state index in [2.05, 4.69) is 16.0 Å². The lowest BCUT2D eigenvalue weighted by atomic mass is 9.84. The molecule has 0 aromatic heterocycles. The van der Waals surface area contributed by atoms with E-state index in [-0.39, 0.29) is 50.8 Å². The van der Waals surface area contributed by atoms with Gasteiger partial charge in [0.25, 0.3) is 0 Å². The zero-order valence-corrected chi connectivity index (χ0v) is 26.6. The predicted octanol–water partition coefficient (Wildman–Crippen LogP) is -5.44. The number of aliphatic hydroxyl groups excluding tert-OH is 6. The van der Waals surface area contributed by atoms with E-state index in [0.29, 0.717) is 24.5 Å². The van der Waals surface area contributed by atoms with E-state index < -0.39 is 78.5 Å². The number of hydrogen-bond donors (Lipinski definition) is 12. The number of ether oxygens (including phenoxy) is 2. The van der Waals surface area contributed by atoms with Gasteiger partial charge in [-0.2, -0.15) is 11.8 Å². The van der Waals surface area contributed by atoms with E-state index in [9.17, 15) is 45.0 Å². The molecule has 2 aliphatic rings. The van der Waals surface area contributed by atoms with Crippen molar-refractivity contribution in [2.75, 3.05) is 37.7 Å². The van der Waals surface area contributed by atoms with Gasteiger partial charge in [-0.05, 0) is 18.6 Å². The Hall–Kier alpha value is -1.68. The minimum absolute atomic E-state index is 0.0337. The van der Waals surface area contributed by atoms with Crippen LogP contribution in [0.4, 0.5) is 0 Å². The van der Waals surface area contributed by atoms with E-state index >= 15 is 0 Å². The number of amides is 3. The number of rotatable bonds is 17. The van der Waals surface area contributed by atoms with Gasteiger partial charge in [0.1, 0.15) is 36.6 Å². The molecule has 1 saturated carbocycles. The molecule has 1 aliphatic carbocycles. The number of nitrogens with two attached hydrogens (primary N) is 3. The highest BCUT2D eigenvalue weighted by atomic mass is 32.2. The Morgan fingerprint density at radius 1 is 0.911 bits per heavy atom. The number of carbonyl (C=O) groups is 3. The Morgan fingerprint density at radius 2 is 1.58 bits per heavy atom. The van der Waals surface area contributed by atoms with E-state index in [1.165, 1.54) is 11.8 Å². The lowest BCUT2D eigenvalue weighted by Gasteiger charge is -2.45. The molecule has 1 saturated heterocycles. The molecular formula is C27H52N6O11S. The third kappa shape index (κ3) is 11.8. The fraction of sp³-hybridized carbons (Fsp3) is 0.889. The second-order valence-corrected chi connectivity index (χ2v) is 13.4. The van der Waals surface area contributed by atoms with Crippen LogP contribution < -0.4 is 33.2 Å². The first-order valence-electron chi connectivity index (χ1n) is 15.1. The summed E-state index contributed by atoms with van der Waals surface area (Å²) in [5.41, 5.74) is 16.8. The molecule has 0 spiro atoms. The molecule has 0 unspecified atom stereocenters. The van der Waals surface area contributed by atoms with Crippen LogP contribution in [0.5, 0.6) is 0 Å². The maximum Gasteiger partial charge on any atom is 0.249 e. The van der Waals surface area contributed by atoms with Gasteiger partial charge < -0.3 is 73.3 Å². The van der Waals surface area contributed by atoms with E-state index in [0.717, 1.165) is 0 Å². The van der Waals surface area contributed by atoms with Gasteiger partial charge in [-0.25, -0.2) is 0 Å². The SMILES string of the molecule is CC(C)(CO)[C@@H](O)C(=O)NCCC(=O)NCCSCCCC(=O)NC[C@H]1O[C@H](O[C@H]2[C@H](O)[C@@H](O)[C@H](N)C[C@@H]2N)[C@H](N)[C@@H](O)[C@@H]1O. The number of thioether (sulfide) groups is 1. The molecule has 15 N–H and O–H groups in total. The minimum Gasteiger partial charge on any atom is -0.396 e. The summed E-state index contributed by atoms with van der Waals surface area (Å²) in [6.45, 7) is 3.03. The van der Waals surface area contributed by atoms with Gasteiger partial charge in [-0.1, -0.05) is 13.8 Å². The van der Waals surface area contributed by atoms with Crippen molar-refractivity contribution >= 4 is 29.5 Å². The van der Waals surface area contributed by atoms with Crippen LogP contribution in [0.3, 0.4) is 0 Å². The van der Waals surface area contributed by atoms with E-state index in [1.54, 1.807) is 13.8 Å². The van der Waals surface area contributed by atoms with Crippen molar-refractivity contribution in [1.29, 1.82) is 0 Å². The molecule has 11 atom stereocenters. The molecule has 2 rings (SSSR count). The van der Waals surface area contributed by atoms with Gasteiger partial charge in [0.05, 0.1) is 18.8 Å². The largest absolute Gasteiger partial charge is 0.396 e. The molecule has 0 aromatic rings. The van der Waals surface area contributed by atoms with Crippen LogP contribution in [0, 0.1) is 5.41 Å². The highest BCUT2D eigenvalue weighted by Crippen LogP contribution is 2.27. The minimum atomic E-state index is -1.46. The Morgan fingerprint density at radius 3 is 2.24 bits per heavy atom. The zero-order valence-electron chi connectivity index (χ0n) is 25.8. The standard InChI is InChI=1S/C27H52N6O11S/c1-27(2,12-34)24(41)25(42)32-6-5-17(36)31-7-9-45-8-3-4-16(35)33-11-15-20(38)21(39)18(30)26(43-15)44-23-14(29)10-13(28)19(37)22(23)40/h13-15,18-24,26,34,37-41H,3-12,28-30H2,1-2H3,(H,31,36)(H,32,42)(H,33,35)/t13-,14+,15-,18-,19+,20-,21-,22-,23-,24+,26-/m1/s1. The first kappa shape index (κ1) is 39.5. The number of nitrogens with one attached hydrogen (secondary N) is 3. The topological polar surface area (TPSA) is 305 Å². The van der Waals surface area contributed by atoms with Crippen LogP contribution in [0.1, 0.15) is 39.5 Å². The highest BCUT2D eigenvalue weighted by Gasteiger charge is 2.48. The second kappa shape index (κ2) is 18.6. The van der Waals surface area contributed by atoms with Crippen molar-refractivity contribution in [2.45, 2.75) is 107 Å². The van der Waals surface area contributed by atoms with Crippen LogP contribution in [0.2, 0.25) is 0 Å². The average molecular weight is 669 g/mol. The Balaban J connectivity index is 1.62. The van der Waals surface area contributed by atoms with Crippen LogP contribution in [-0.2, 0) is 23.9 Å². The summed E-state index contributed by atoms with van der Waals surface area (Å²) in [6, 6.07) is -2.67. The fourth-order valence-electron chi connectivity index (χ4n) is 4.80. The smallest absolute Gasteiger partial charge is 0.249 e. The van der Waals surface area contributed by atoms with Crippen molar-refractivity contribution in [3.05, 3.63) is 0 Å². The van der Waals surface area contributed by atoms with Crippen molar-refractivity contribution in [2.24, 2.45) is 22.6 Å². The van der Waals surface area contributed by atoms with Crippen LogP contribution in [0.25, 0.3) is 0 Å². The van der Waals surface area contributed by atoms with E-state index in [4.69, 9.17) is 26.7 Å². The van der Waals surface area contributed by atoms with Crippen molar-refractivity contribution < 1.29 is 54.5 Å². The molecule has 2 fully saturated rings. The number of carbonyl (C=O) groups excluding carboxylic acids is 3. The quantitative estimate of drug-likeness (QED) is 0.0644. The van der Waals surface area contributed by atoms with Crippen molar-refractivity contribution in [1.82, 2.24) is 16.0 Å². The normalized spacial score (nSPS) is 32.9. The fourth-order valence-corrected chi connectivity index (χ4v) is 5.60. The maximum absolute atomic E-state index is 12.3. The molecule has 18 heteroatoms. The van der Waals surface area contributed by atoms with Crippen molar-refractivity contribution in [3.63, 3.8) is 0 Å². The molecule has 262 valence electrons. The average Bonchev–Trinajstić information content (AvgIpc) is 3.00. The van der Waals surface area contributed by atoms with Crippen LogP contribution in [0.15, 0.2) is 0 Å². The number of hydrogen-bond acceptors (Lipinski definition) is 15. The van der Waals surface area contributed by atoms with Gasteiger partial charge in [-0.3, -0.25) is 14.4 Å². The molecule has 3 amide bonds. The van der Waals surface area contributed by atoms with Gasteiger partial charge in [-0.15, -0.1) is 0 Å². The lowest BCUT2D eigenvalue weighted by Crippen LogP contribution is -2.67. The van der Waals surface area contributed by atoms with Gasteiger partial charge >= 0.3 is 0 Å². The zero-order chi connectivity index (χ0) is 33.9. The monoisotopic (exact) mass is 668 g/mol. The first-order chi connectivity index (χ1) is 21.1. The third-order valence-electron chi connectivity index (χ3n) is 7.94. The molecule has 0 radical (unpaired) electrons. The summed E-state index contributed by atoms with van der Waals surface area (Å²) in [6.07, 6.45) is -9.48. The first-order valence-corrected chi connectivity index (χ1v) is 16.2. The molecule has 1 aliphatic heterocycles. The Bertz CT molecular complexity index is 953. The Labute approximate surface area is 266 Å². The lowest BCUT2D eigenvalue weighted by molar-refractivity contribution is -0.288. The summed E-state index contributed by atoms with van der Waals surface area (Å²) in [5, 5.41) is 68.3. The summed E-state index contributed by atoms with van der Waals surface area (Å²) in [5.74, 6) is 0.0164. The van der Waals surface area contributed by atoms with Crippen LogP contribution >= 0.6 is 11.8 Å². The molecule has 1 heterocycles. The molecule has 45 heavy (non-hydrogen) atoms. The molecular weight excluding hydrogens is 616 g/mol. The highest BCUT2D eigenvalue weighted by molar-refractivity contribution is 7.99. The summed E-state index contributed by atoms with van der Waals surface area (Å²) >= 11 is 1.53. The van der Waals surface area contributed by atoms with E-state index in [1.807, 2.05) is 0 Å². The van der Waals surface area contributed by atoms with Gasteiger partial charge in [0.15, 0.2) is 6.29 Å². The summed E-state index contributed by atoms with van der Waals surface area (Å²) in [7, 11) is 0. The maximum atomic E-state index is 12.3. The summed E-state index contributed by atoms with van der Waals surface area (Å²) < 4.78 is 11.5. The Kier molecular flexibility index (Phi) is 16.3. The van der Waals surface area contributed by atoms with Crippen molar-refractivity contribution in [3.8, 4) is 0 Å². The van der Waals surface area contributed by atoms with Gasteiger partial charge in [0, 0.05) is 55.7 Å². The second-order valence-electron chi connectivity index (χ2n) is 12.2. The predicted molar refractivity (Wildman–Crippen MR) is 163 cm³/mol.